The summed E-state index contributed by atoms with van der Waals surface area (Å²) in [5.74, 6) is 0. The lowest BCUT2D eigenvalue weighted by atomic mass is 9.95. The second kappa shape index (κ2) is 7.04. The van der Waals surface area contributed by atoms with Gasteiger partial charge in [0.15, 0.2) is 5.17 Å². The number of rotatable bonds is 5. The molecule has 2 aliphatic heterocycles. The number of nitrogens with one attached hydrogen (secondary N) is 1. The number of hydrogen-bond acceptors (Lipinski definition) is 7. The summed E-state index contributed by atoms with van der Waals surface area (Å²) < 4.78 is 23.3. The van der Waals surface area contributed by atoms with Crippen LogP contribution >= 0.6 is 11.8 Å². The van der Waals surface area contributed by atoms with Crippen LogP contribution in [0.25, 0.3) is 0 Å². The Bertz CT molecular complexity index is 360. The summed E-state index contributed by atoms with van der Waals surface area (Å²) in [6.07, 6.45) is -2.83. The number of aliphatic hydroxyl groups excluding tert-OH is 2. The van der Waals surface area contributed by atoms with Gasteiger partial charge in [-0.2, -0.15) is 0 Å². The van der Waals surface area contributed by atoms with Gasteiger partial charge in [-0.1, -0.05) is 11.8 Å². The van der Waals surface area contributed by atoms with E-state index < -0.39 is 37.1 Å². The van der Waals surface area contributed by atoms with Crippen LogP contribution in [-0.4, -0.2) is 71.6 Å². The van der Waals surface area contributed by atoms with Gasteiger partial charge in [0.1, 0.15) is 29.8 Å². The van der Waals surface area contributed by atoms with Crippen LogP contribution < -0.4 is 5.32 Å². The number of ether oxygens (including phenoxy) is 2. The van der Waals surface area contributed by atoms with Gasteiger partial charge in [-0.25, -0.2) is 0 Å². The average Bonchev–Trinajstić information content (AvgIpc) is 2.86. The van der Waals surface area contributed by atoms with Crippen molar-refractivity contribution < 1.29 is 24.1 Å². The van der Waals surface area contributed by atoms with E-state index in [-0.39, 0.29) is 12.0 Å². The highest BCUT2D eigenvalue weighted by atomic mass is 32.2. The molecule has 0 aromatic carbocycles. The summed E-state index contributed by atoms with van der Waals surface area (Å²) in [7, 11) is 1.74. The Morgan fingerprint density at radius 1 is 1.50 bits per heavy atom. The van der Waals surface area contributed by atoms with E-state index in [2.05, 4.69) is 10.3 Å². The van der Waals surface area contributed by atoms with Gasteiger partial charge < -0.3 is 25.0 Å². The summed E-state index contributed by atoms with van der Waals surface area (Å²) in [4.78, 5) is 4.27. The van der Waals surface area contributed by atoms with Crippen LogP contribution in [0.4, 0.5) is 4.39 Å². The van der Waals surface area contributed by atoms with Crippen molar-refractivity contribution in [1.29, 1.82) is 0 Å². The molecule has 0 saturated carbocycles. The number of amidine groups is 1. The highest BCUT2D eigenvalue weighted by molar-refractivity contribution is 8.14. The molecule has 1 saturated heterocycles. The molecule has 1 fully saturated rings. The number of aliphatic hydroxyl groups is 2. The fraction of sp³-hybridized carbons (Fsp3) is 0.917. The third-order valence-electron chi connectivity index (χ3n) is 3.44. The molecular formula is C12H21FN2O4S. The van der Waals surface area contributed by atoms with Crippen molar-refractivity contribution in [3.63, 3.8) is 0 Å². The predicted molar refractivity (Wildman–Crippen MR) is 74.6 cm³/mol. The zero-order valence-corrected chi connectivity index (χ0v) is 12.3. The summed E-state index contributed by atoms with van der Waals surface area (Å²) in [5, 5.41) is 23.9. The monoisotopic (exact) mass is 308 g/mol. The fourth-order valence-electron chi connectivity index (χ4n) is 2.31. The summed E-state index contributed by atoms with van der Waals surface area (Å²) >= 11 is 1.38. The van der Waals surface area contributed by atoms with Gasteiger partial charge in [0, 0.05) is 13.7 Å². The van der Waals surface area contributed by atoms with Crippen molar-refractivity contribution in [2.45, 2.75) is 49.2 Å². The second-order valence-corrected chi connectivity index (χ2v) is 5.95. The third-order valence-corrected chi connectivity index (χ3v) is 4.59. The second-order valence-electron chi connectivity index (χ2n) is 4.86. The van der Waals surface area contributed by atoms with Gasteiger partial charge in [-0.3, -0.25) is 9.38 Å². The molecule has 6 atom stereocenters. The molecule has 0 spiro atoms. The van der Waals surface area contributed by atoms with E-state index in [1.165, 1.54) is 11.8 Å². The summed E-state index contributed by atoms with van der Waals surface area (Å²) in [6.45, 7) is 1.57. The van der Waals surface area contributed by atoms with Crippen LogP contribution in [0.2, 0.25) is 0 Å². The van der Waals surface area contributed by atoms with Crippen molar-refractivity contribution in [3.8, 4) is 0 Å². The maximum Gasteiger partial charge on any atom is 0.159 e. The van der Waals surface area contributed by atoms with Crippen LogP contribution in [0, 0.1) is 0 Å². The first-order valence-corrected chi connectivity index (χ1v) is 7.57. The molecule has 6 nitrogen and oxygen atoms in total. The van der Waals surface area contributed by atoms with Gasteiger partial charge in [0.05, 0.1) is 12.8 Å². The quantitative estimate of drug-likeness (QED) is 0.615. The largest absolute Gasteiger partial charge is 0.388 e. The van der Waals surface area contributed by atoms with Crippen molar-refractivity contribution in [3.05, 3.63) is 0 Å². The van der Waals surface area contributed by atoms with Crippen LogP contribution in [0.5, 0.6) is 0 Å². The maximum atomic E-state index is 12.1. The molecule has 8 heteroatoms. The summed E-state index contributed by atoms with van der Waals surface area (Å²) in [6, 6.07) is -0.480. The van der Waals surface area contributed by atoms with E-state index >= 15 is 0 Å². The predicted octanol–water partition coefficient (Wildman–Crippen LogP) is -0.111. The zero-order valence-electron chi connectivity index (χ0n) is 11.5. The number of hydrogen-bond donors (Lipinski definition) is 3. The molecule has 116 valence electrons. The van der Waals surface area contributed by atoms with Crippen LogP contribution in [0.1, 0.15) is 13.3 Å². The first-order chi connectivity index (χ1) is 9.58. The molecule has 0 bridgehead atoms. The molecule has 2 rings (SSSR count). The molecule has 2 heterocycles. The molecule has 0 radical (unpaired) electrons. The van der Waals surface area contributed by atoms with E-state index in [9.17, 15) is 14.6 Å². The number of aliphatic imine (C=N–C) groups is 1. The van der Waals surface area contributed by atoms with E-state index in [1.54, 1.807) is 14.0 Å². The Kier molecular flexibility index (Phi) is 5.62. The normalized spacial score (nSPS) is 38.2. The smallest absolute Gasteiger partial charge is 0.159 e. The fourth-order valence-corrected chi connectivity index (χ4v) is 3.38. The van der Waals surface area contributed by atoms with Gasteiger partial charge in [0.25, 0.3) is 0 Å². The van der Waals surface area contributed by atoms with E-state index in [0.717, 1.165) is 0 Å². The number of alkyl halides is 1. The number of thioether (sulfide) groups is 1. The first kappa shape index (κ1) is 16.0. The lowest BCUT2D eigenvalue weighted by Gasteiger charge is -2.40. The molecular weight excluding hydrogens is 287 g/mol. The van der Waals surface area contributed by atoms with E-state index in [0.29, 0.717) is 11.6 Å². The SMILES string of the molecule is CNC1=N[C@@H]2[C@@H](O)[C@H](O)[C@@H]([C@H](C)OCCCF)O[C@@H]2S1. The van der Waals surface area contributed by atoms with Gasteiger partial charge in [-0.15, -0.1) is 0 Å². The highest BCUT2D eigenvalue weighted by Crippen LogP contribution is 2.36. The first-order valence-electron chi connectivity index (χ1n) is 6.70. The number of halogens is 1. The Hall–Kier alpha value is -0.410. The minimum atomic E-state index is -1.07. The van der Waals surface area contributed by atoms with Crippen molar-refractivity contribution in [1.82, 2.24) is 5.32 Å². The topological polar surface area (TPSA) is 83.3 Å². The van der Waals surface area contributed by atoms with Crippen LogP contribution in [-0.2, 0) is 9.47 Å². The van der Waals surface area contributed by atoms with E-state index in [1.807, 2.05) is 0 Å². The van der Waals surface area contributed by atoms with Crippen LogP contribution in [0.15, 0.2) is 4.99 Å². The molecule has 0 aromatic rings. The molecule has 0 aromatic heterocycles. The Morgan fingerprint density at radius 3 is 2.90 bits per heavy atom. The third kappa shape index (κ3) is 3.25. The van der Waals surface area contributed by atoms with E-state index in [4.69, 9.17) is 9.47 Å². The van der Waals surface area contributed by atoms with Crippen molar-refractivity contribution in [2.75, 3.05) is 20.3 Å². The lowest BCUT2D eigenvalue weighted by Crippen LogP contribution is -2.58. The van der Waals surface area contributed by atoms with Gasteiger partial charge >= 0.3 is 0 Å². The minimum absolute atomic E-state index is 0.264. The standard InChI is InChI=1S/C12H21FN2O4S/c1-6(18-5-3-4-13)10-9(17)8(16)7-11(19-10)20-12(14-2)15-7/h6-11,16-17H,3-5H2,1-2H3,(H,14,15)/t6-,7+,8+,9-,10+,11+/m0/s1. The van der Waals surface area contributed by atoms with Crippen molar-refractivity contribution in [2.24, 2.45) is 4.99 Å². The number of nitrogens with zero attached hydrogens (tertiary/aromatic N) is 1. The molecule has 3 N–H and O–H groups in total. The maximum absolute atomic E-state index is 12.1. The molecule has 0 aliphatic carbocycles. The molecule has 20 heavy (non-hydrogen) atoms. The van der Waals surface area contributed by atoms with Gasteiger partial charge in [-0.05, 0) is 13.3 Å². The molecule has 2 aliphatic rings. The van der Waals surface area contributed by atoms with Gasteiger partial charge in [0.2, 0.25) is 0 Å². The Labute approximate surface area is 121 Å². The summed E-state index contributed by atoms with van der Waals surface area (Å²) in [5.41, 5.74) is -0.340. The average molecular weight is 308 g/mol. The highest BCUT2D eigenvalue weighted by Gasteiger charge is 2.49. The molecule has 0 amide bonds. The van der Waals surface area contributed by atoms with Crippen LogP contribution in [0.3, 0.4) is 0 Å². The molecule has 0 unspecified atom stereocenters. The minimum Gasteiger partial charge on any atom is -0.388 e. The van der Waals surface area contributed by atoms with Crippen molar-refractivity contribution >= 4 is 16.9 Å². The Balaban J connectivity index is 1.96. The zero-order chi connectivity index (χ0) is 14.7. The lowest BCUT2D eigenvalue weighted by molar-refractivity contribution is -0.191. The Morgan fingerprint density at radius 2 is 2.25 bits per heavy atom. The number of fused-ring (bicyclic) bond motifs is 1.